The molecular weight excluding hydrogens is 359 g/mol. The highest BCUT2D eigenvalue weighted by atomic mass is 35.5. The fourth-order valence-electron chi connectivity index (χ4n) is 3.04. The Kier molecular flexibility index (Phi) is 6.16. The highest BCUT2D eigenvalue weighted by molar-refractivity contribution is 6.30. The minimum absolute atomic E-state index is 0.0807. The number of halogens is 2. The van der Waals surface area contributed by atoms with E-state index in [1.165, 1.54) is 18.4 Å². The molecule has 1 aromatic carbocycles. The number of ether oxygens (including phenoxy) is 1. The predicted octanol–water partition coefficient (Wildman–Crippen LogP) is 3.65. The summed E-state index contributed by atoms with van der Waals surface area (Å²) in [5.74, 6) is 0.552. The van der Waals surface area contributed by atoms with E-state index in [0.717, 1.165) is 32.5 Å². The van der Waals surface area contributed by atoms with Crippen LogP contribution in [0.5, 0.6) is 5.75 Å². The zero-order chi connectivity index (χ0) is 18.5. The van der Waals surface area contributed by atoms with E-state index in [2.05, 4.69) is 10.2 Å². The monoisotopic (exact) mass is 380 g/mol. The van der Waals surface area contributed by atoms with E-state index in [4.69, 9.17) is 20.8 Å². The lowest BCUT2D eigenvalue weighted by Gasteiger charge is -2.32. The minimum atomic E-state index is -0.478. The lowest BCUT2D eigenvalue weighted by Crippen LogP contribution is -2.45. The number of rotatable bonds is 6. The average Bonchev–Trinajstić information content (AvgIpc) is 3.06. The van der Waals surface area contributed by atoms with Gasteiger partial charge in [-0.05, 0) is 38.0 Å². The number of hydrogen-bond acceptors (Lipinski definition) is 4. The standard InChI is InChI=1S/C19H22ClFN2O3/c1-13-16(6-10-25-13)19(24)22-14-4-7-23(8-5-14)9-11-26-15-2-3-17(20)18(21)12-15/h2-3,6,10,12,14H,4-5,7-9,11H2,1H3,(H,22,24). The second kappa shape index (κ2) is 8.56. The summed E-state index contributed by atoms with van der Waals surface area (Å²) < 4.78 is 24.1. The van der Waals surface area contributed by atoms with Crippen LogP contribution in [0.4, 0.5) is 4.39 Å². The number of benzene rings is 1. The number of carbonyl (C=O) groups is 1. The number of nitrogens with one attached hydrogen (secondary N) is 1. The normalized spacial score (nSPS) is 15.8. The highest BCUT2D eigenvalue weighted by Gasteiger charge is 2.22. The molecule has 2 heterocycles. The van der Waals surface area contributed by atoms with E-state index in [1.807, 2.05) is 0 Å². The van der Waals surface area contributed by atoms with Crippen molar-refractivity contribution in [2.45, 2.75) is 25.8 Å². The van der Waals surface area contributed by atoms with E-state index >= 15 is 0 Å². The molecule has 140 valence electrons. The molecule has 1 N–H and O–H groups in total. The van der Waals surface area contributed by atoms with Gasteiger partial charge in [-0.15, -0.1) is 0 Å². The second-order valence-electron chi connectivity index (χ2n) is 6.40. The van der Waals surface area contributed by atoms with Crippen LogP contribution in [0.25, 0.3) is 0 Å². The largest absolute Gasteiger partial charge is 0.492 e. The van der Waals surface area contributed by atoms with Crippen molar-refractivity contribution in [2.24, 2.45) is 0 Å². The Morgan fingerprint density at radius 2 is 2.15 bits per heavy atom. The summed E-state index contributed by atoms with van der Waals surface area (Å²) in [6, 6.07) is 6.30. The van der Waals surface area contributed by atoms with Gasteiger partial charge in [0.2, 0.25) is 0 Å². The SMILES string of the molecule is Cc1occc1C(=O)NC1CCN(CCOc2ccc(Cl)c(F)c2)CC1. The third-order valence-corrected chi connectivity index (χ3v) is 4.90. The molecule has 1 amide bonds. The van der Waals surface area contributed by atoms with Crippen molar-refractivity contribution in [1.29, 1.82) is 0 Å². The smallest absolute Gasteiger partial charge is 0.255 e. The predicted molar refractivity (Wildman–Crippen MR) is 97.3 cm³/mol. The van der Waals surface area contributed by atoms with Gasteiger partial charge in [0.05, 0.1) is 16.8 Å². The highest BCUT2D eigenvalue weighted by Crippen LogP contribution is 2.20. The van der Waals surface area contributed by atoms with Crippen molar-refractivity contribution in [2.75, 3.05) is 26.2 Å². The van der Waals surface area contributed by atoms with Gasteiger partial charge in [0.25, 0.3) is 5.91 Å². The van der Waals surface area contributed by atoms with Gasteiger partial charge in [0, 0.05) is 31.7 Å². The first kappa shape index (κ1) is 18.7. The number of hydrogen-bond donors (Lipinski definition) is 1. The zero-order valence-electron chi connectivity index (χ0n) is 14.6. The van der Waals surface area contributed by atoms with Crippen molar-refractivity contribution in [3.05, 3.63) is 52.7 Å². The van der Waals surface area contributed by atoms with Crippen molar-refractivity contribution < 1.29 is 18.3 Å². The quantitative estimate of drug-likeness (QED) is 0.831. The maximum atomic E-state index is 13.4. The van der Waals surface area contributed by atoms with E-state index in [1.54, 1.807) is 19.1 Å². The molecule has 0 unspecified atom stereocenters. The molecule has 0 aliphatic carbocycles. The Bertz CT molecular complexity index is 757. The molecule has 5 nitrogen and oxygen atoms in total. The van der Waals surface area contributed by atoms with Crippen LogP contribution in [-0.4, -0.2) is 43.1 Å². The van der Waals surface area contributed by atoms with Gasteiger partial charge in [-0.1, -0.05) is 11.6 Å². The van der Waals surface area contributed by atoms with Gasteiger partial charge in [-0.25, -0.2) is 4.39 Å². The van der Waals surface area contributed by atoms with Gasteiger partial charge in [-0.2, -0.15) is 0 Å². The number of amides is 1. The first-order chi connectivity index (χ1) is 12.5. The van der Waals surface area contributed by atoms with Crippen molar-refractivity contribution in [1.82, 2.24) is 10.2 Å². The number of piperidine rings is 1. The number of carbonyl (C=O) groups excluding carboxylic acids is 1. The number of furan rings is 1. The maximum Gasteiger partial charge on any atom is 0.255 e. The van der Waals surface area contributed by atoms with E-state index in [9.17, 15) is 9.18 Å². The van der Waals surface area contributed by atoms with Crippen molar-refractivity contribution >= 4 is 17.5 Å². The van der Waals surface area contributed by atoms with Crippen LogP contribution in [0, 0.1) is 12.7 Å². The Hall–Kier alpha value is -2.05. The Balaban J connectivity index is 1.38. The van der Waals surface area contributed by atoms with Gasteiger partial charge in [-0.3, -0.25) is 9.69 Å². The topological polar surface area (TPSA) is 54.7 Å². The van der Waals surface area contributed by atoms with Gasteiger partial charge in [0.1, 0.15) is 23.9 Å². The Morgan fingerprint density at radius 3 is 2.81 bits per heavy atom. The van der Waals surface area contributed by atoms with Crippen LogP contribution in [0.2, 0.25) is 5.02 Å². The number of likely N-dealkylation sites (tertiary alicyclic amines) is 1. The number of aryl methyl sites for hydroxylation is 1. The van der Waals surface area contributed by atoms with Crippen LogP contribution in [0.15, 0.2) is 34.9 Å². The molecule has 0 bridgehead atoms. The molecular formula is C19H22ClFN2O3. The van der Waals surface area contributed by atoms with Gasteiger partial charge < -0.3 is 14.5 Å². The molecule has 0 saturated carbocycles. The summed E-state index contributed by atoms with van der Waals surface area (Å²) in [6.45, 7) is 4.78. The molecule has 1 aliphatic rings. The molecule has 0 radical (unpaired) electrons. The van der Waals surface area contributed by atoms with Crippen molar-refractivity contribution in [3.63, 3.8) is 0 Å². The summed E-state index contributed by atoms with van der Waals surface area (Å²) >= 11 is 5.65. The third kappa shape index (κ3) is 4.77. The molecule has 1 aliphatic heterocycles. The fraction of sp³-hybridized carbons (Fsp3) is 0.421. The maximum absolute atomic E-state index is 13.4. The van der Waals surface area contributed by atoms with E-state index in [0.29, 0.717) is 23.7 Å². The van der Waals surface area contributed by atoms with Gasteiger partial charge in [0.15, 0.2) is 0 Å². The summed E-state index contributed by atoms with van der Waals surface area (Å²) in [7, 11) is 0. The summed E-state index contributed by atoms with van der Waals surface area (Å²) in [5, 5.41) is 3.15. The van der Waals surface area contributed by atoms with Crippen LogP contribution in [0.1, 0.15) is 29.0 Å². The number of nitrogens with zero attached hydrogens (tertiary/aromatic N) is 1. The molecule has 1 saturated heterocycles. The van der Waals surface area contributed by atoms with Crippen LogP contribution >= 0.6 is 11.6 Å². The van der Waals surface area contributed by atoms with E-state index in [-0.39, 0.29) is 17.0 Å². The first-order valence-corrected chi connectivity index (χ1v) is 9.06. The second-order valence-corrected chi connectivity index (χ2v) is 6.81. The van der Waals surface area contributed by atoms with Crippen LogP contribution < -0.4 is 10.1 Å². The fourth-order valence-corrected chi connectivity index (χ4v) is 3.16. The molecule has 7 heteroatoms. The van der Waals surface area contributed by atoms with Crippen LogP contribution in [0.3, 0.4) is 0 Å². The Labute approximate surface area is 157 Å². The lowest BCUT2D eigenvalue weighted by molar-refractivity contribution is 0.0904. The first-order valence-electron chi connectivity index (χ1n) is 8.68. The molecule has 2 aromatic rings. The molecule has 0 spiro atoms. The molecule has 26 heavy (non-hydrogen) atoms. The summed E-state index contributed by atoms with van der Waals surface area (Å²) in [4.78, 5) is 14.5. The molecule has 3 rings (SSSR count). The van der Waals surface area contributed by atoms with Crippen molar-refractivity contribution in [3.8, 4) is 5.75 Å². The third-order valence-electron chi connectivity index (χ3n) is 4.59. The molecule has 0 atom stereocenters. The van der Waals surface area contributed by atoms with Gasteiger partial charge >= 0.3 is 0 Å². The average molecular weight is 381 g/mol. The summed E-state index contributed by atoms with van der Waals surface area (Å²) in [5.41, 5.74) is 0.594. The van der Waals surface area contributed by atoms with E-state index < -0.39 is 5.82 Å². The lowest BCUT2D eigenvalue weighted by atomic mass is 10.0. The van der Waals surface area contributed by atoms with Crippen LogP contribution in [-0.2, 0) is 0 Å². The molecule has 1 aromatic heterocycles. The minimum Gasteiger partial charge on any atom is -0.492 e. The summed E-state index contributed by atoms with van der Waals surface area (Å²) in [6.07, 6.45) is 3.30. The zero-order valence-corrected chi connectivity index (χ0v) is 15.4. The Morgan fingerprint density at radius 1 is 1.38 bits per heavy atom. The molecule has 1 fully saturated rings.